The summed E-state index contributed by atoms with van der Waals surface area (Å²) >= 11 is 0. The molecule has 0 aliphatic rings. The number of para-hydroxylation sites is 1. The van der Waals surface area contributed by atoms with Gasteiger partial charge in [-0.3, -0.25) is 14.4 Å². The maximum absolute atomic E-state index is 12.9. The number of hydrogen-bond donors (Lipinski definition) is 2. The molecule has 0 heterocycles. The summed E-state index contributed by atoms with van der Waals surface area (Å²) in [5.41, 5.74) is 11.9. The Labute approximate surface area is 174 Å². The summed E-state index contributed by atoms with van der Waals surface area (Å²) in [7, 11) is 0. The monoisotopic (exact) mass is 402 g/mol. The van der Waals surface area contributed by atoms with Gasteiger partial charge in [0.2, 0.25) is 11.8 Å². The van der Waals surface area contributed by atoms with Crippen LogP contribution >= 0.6 is 0 Å². The van der Waals surface area contributed by atoms with Crippen LogP contribution in [0.5, 0.6) is 11.5 Å². The maximum atomic E-state index is 12.9. The molecular formula is C24H22N2O4. The molecule has 0 saturated carbocycles. The molecule has 3 rings (SSSR count). The van der Waals surface area contributed by atoms with E-state index in [9.17, 15) is 14.4 Å². The van der Waals surface area contributed by atoms with Gasteiger partial charge < -0.3 is 16.2 Å². The Kier molecular flexibility index (Phi) is 6.60. The van der Waals surface area contributed by atoms with Gasteiger partial charge in [-0.25, -0.2) is 0 Å². The molecule has 0 aromatic heterocycles. The van der Waals surface area contributed by atoms with E-state index in [0.29, 0.717) is 22.6 Å². The molecule has 1 atom stereocenters. The van der Waals surface area contributed by atoms with Crippen molar-refractivity contribution in [3.05, 3.63) is 96.1 Å². The van der Waals surface area contributed by atoms with Crippen molar-refractivity contribution in [3.63, 3.8) is 0 Å². The topological polar surface area (TPSA) is 112 Å². The molecule has 30 heavy (non-hydrogen) atoms. The Morgan fingerprint density at radius 3 is 1.73 bits per heavy atom. The second-order valence-corrected chi connectivity index (χ2v) is 6.87. The summed E-state index contributed by atoms with van der Waals surface area (Å²) in [6, 6.07) is 24.8. The molecule has 0 aliphatic heterocycles. The molecule has 0 saturated heterocycles. The first-order valence-corrected chi connectivity index (χ1v) is 9.45. The van der Waals surface area contributed by atoms with Crippen LogP contribution in [-0.4, -0.2) is 17.6 Å². The number of ether oxygens (including phenoxy) is 1. The Bertz CT molecular complexity index is 1000. The highest BCUT2D eigenvalue weighted by Gasteiger charge is 2.34. The number of carbonyl (C=O) groups excluding carboxylic acids is 3. The van der Waals surface area contributed by atoms with Gasteiger partial charge >= 0.3 is 0 Å². The first-order chi connectivity index (χ1) is 14.5. The number of benzene rings is 3. The first-order valence-electron chi connectivity index (χ1n) is 9.45. The van der Waals surface area contributed by atoms with E-state index in [0.717, 1.165) is 0 Å². The van der Waals surface area contributed by atoms with Gasteiger partial charge in [-0.2, -0.15) is 0 Å². The highest BCUT2D eigenvalue weighted by atomic mass is 16.5. The molecule has 3 aromatic rings. The highest BCUT2D eigenvalue weighted by Crippen LogP contribution is 2.30. The van der Waals surface area contributed by atoms with Gasteiger partial charge in [0.25, 0.3) is 0 Å². The van der Waals surface area contributed by atoms with Crippen molar-refractivity contribution < 1.29 is 19.1 Å². The zero-order valence-corrected chi connectivity index (χ0v) is 16.2. The minimum absolute atomic E-state index is 0.0839. The fourth-order valence-corrected chi connectivity index (χ4v) is 3.32. The SMILES string of the molecule is NC(=O)C(C(N)=O)C(CC(=O)c1ccc(Oc2ccccc2)cc1)c1ccccc1. The number of carbonyl (C=O) groups is 3. The second-order valence-electron chi connectivity index (χ2n) is 6.87. The van der Waals surface area contributed by atoms with Crippen LogP contribution in [0.3, 0.4) is 0 Å². The van der Waals surface area contributed by atoms with Crippen molar-refractivity contribution in [1.82, 2.24) is 0 Å². The lowest BCUT2D eigenvalue weighted by Gasteiger charge is -2.22. The maximum Gasteiger partial charge on any atom is 0.230 e. The number of nitrogens with two attached hydrogens (primary N) is 2. The lowest BCUT2D eigenvalue weighted by Crippen LogP contribution is -2.40. The molecule has 4 N–H and O–H groups in total. The van der Waals surface area contributed by atoms with Crippen molar-refractivity contribution >= 4 is 17.6 Å². The minimum Gasteiger partial charge on any atom is -0.457 e. The summed E-state index contributed by atoms with van der Waals surface area (Å²) in [6.07, 6.45) is -0.0839. The molecule has 1 unspecified atom stereocenters. The van der Waals surface area contributed by atoms with E-state index in [1.165, 1.54) is 0 Å². The van der Waals surface area contributed by atoms with Crippen LogP contribution in [0.25, 0.3) is 0 Å². The molecule has 3 aromatic carbocycles. The third kappa shape index (κ3) is 5.11. The van der Waals surface area contributed by atoms with Crippen molar-refractivity contribution in [3.8, 4) is 11.5 Å². The molecule has 6 nitrogen and oxygen atoms in total. The average Bonchev–Trinajstić information content (AvgIpc) is 2.74. The van der Waals surface area contributed by atoms with E-state index >= 15 is 0 Å². The highest BCUT2D eigenvalue weighted by molar-refractivity contribution is 6.02. The van der Waals surface area contributed by atoms with E-state index in [4.69, 9.17) is 16.2 Å². The largest absolute Gasteiger partial charge is 0.457 e. The standard InChI is InChI=1S/C24H22N2O4/c25-23(28)22(24(26)29)20(16-7-3-1-4-8-16)15-21(27)17-11-13-19(14-12-17)30-18-9-5-2-6-10-18/h1-14,20,22H,15H2,(H2,25,28)(H2,26,29). The van der Waals surface area contributed by atoms with Crippen LogP contribution in [0.1, 0.15) is 28.3 Å². The third-order valence-electron chi connectivity index (χ3n) is 4.80. The fourth-order valence-electron chi connectivity index (χ4n) is 3.32. The quantitative estimate of drug-likeness (QED) is 0.422. The molecule has 6 heteroatoms. The second kappa shape index (κ2) is 9.52. The van der Waals surface area contributed by atoms with E-state index in [2.05, 4.69) is 0 Å². The van der Waals surface area contributed by atoms with Crippen molar-refractivity contribution in [1.29, 1.82) is 0 Å². The van der Waals surface area contributed by atoms with Gasteiger partial charge in [0.1, 0.15) is 17.4 Å². The van der Waals surface area contributed by atoms with Gasteiger partial charge in [-0.15, -0.1) is 0 Å². The van der Waals surface area contributed by atoms with Crippen LogP contribution in [-0.2, 0) is 9.59 Å². The van der Waals surface area contributed by atoms with E-state index in [-0.39, 0.29) is 12.2 Å². The van der Waals surface area contributed by atoms with Crippen LogP contribution in [0.2, 0.25) is 0 Å². The Balaban J connectivity index is 1.80. The van der Waals surface area contributed by atoms with E-state index in [1.807, 2.05) is 30.3 Å². The summed E-state index contributed by atoms with van der Waals surface area (Å²) in [5.74, 6) is -2.68. The van der Waals surface area contributed by atoms with Crippen LogP contribution in [0.4, 0.5) is 0 Å². The molecule has 0 radical (unpaired) electrons. The number of Topliss-reactive ketones (excluding diaryl/α,β-unsaturated/α-hetero) is 1. The molecule has 152 valence electrons. The molecule has 0 fully saturated rings. The number of primary amides is 2. The van der Waals surface area contributed by atoms with Crippen LogP contribution in [0, 0.1) is 5.92 Å². The summed E-state index contributed by atoms with van der Waals surface area (Å²) in [5, 5.41) is 0. The molecular weight excluding hydrogens is 380 g/mol. The Hall–Kier alpha value is -3.93. The molecule has 2 amide bonds. The van der Waals surface area contributed by atoms with E-state index in [1.54, 1.807) is 54.6 Å². The summed E-state index contributed by atoms with van der Waals surface area (Å²) in [4.78, 5) is 36.7. The smallest absolute Gasteiger partial charge is 0.230 e. The normalized spacial score (nSPS) is 11.6. The van der Waals surface area contributed by atoms with Gasteiger partial charge in [-0.05, 0) is 42.0 Å². The zero-order valence-electron chi connectivity index (χ0n) is 16.2. The molecule has 0 spiro atoms. The van der Waals surface area contributed by atoms with Gasteiger partial charge in [0.05, 0.1) is 0 Å². The minimum atomic E-state index is -1.28. The van der Waals surface area contributed by atoms with Gasteiger partial charge in [0, 0.05) is 17.9 Å². The number of amides is 2. The molecule has 0 aliphatic carbocycles. The van der Waals surface area contributed by atoms with E-state index < -0.39 is 23.7 Å². The number of hydrogen-bond acceptors (Lipinski definition) is 4. The van der Waals surface area contributed by atoms with Crippen molar-refractivity contribution in [2.24, 2.45) is 17.4 Å². The third-order valence-corrected chi connectivity index (χ3v) is 4.80. The first kappa shape index (κ1) is 20.8. The lowest BCUT2D eigenvalue weighted by molar-refractivity contribution is -0.132. The lowest BCUT2D eigenvalue weighted by atomic mass is 9.80. The van der Waals surface area contributed by atoms with Crippen LogP contribution < -0.4 is 16.2 Å². The zero-order chi connectivity index (χ0) is 21.5. The summed E-state index contributed by atoms with van der Waals surface area (Å²) in [6.45, 7) is 0. The average molecular weight is 402 g/mol. The van der Waals surface area contributed by atoms with Gasteiger partial charge in [0.15, 0.2) is 5.78 Å². The summed E-state index contributed by atoms with van der Waals surface area (Å²) < 4.78 is 5.73. The van der Waals surface area contributed by atoms with Crippen LogP contribution in [0.15, 0.2) is 84.9 Å². The number of rotatable bonds is 9. The predicted octanol–water partition coefficient (Wildman–Crippen LogP) is 3.42. The van der Waals surface area contributed by atoms with Crippen molar-refractivity contribution in [2.75, 3.05) is 0 Å². The molecule has 0 bridgehead atoms. The van der Waals surface area contributed by atoms with Gasteiger partial charge in [-0.1, -0.05) is 48.5 Å². The fraction of sp³-hybridized carbons (Fsp3) is 0.125. The number of ketones is 1. The Morgan fingerprint density at radius 1 is 0.700 bits per heavy atom. The van der Waals surface area contributed by atoms with Crippen molar-refractivity contribution in [2.45, 2.75) is 12.3 Å². The Morgan fingerprint density at radius 2 is 1.20 bits per heavy atom. The predicted molar refractivity (Wildman–Crippen MR) is 113 cm³/mol.